The first-order chi connectivity index (χ1) is 40.9. The highest BCUT2D eigenvalue weighted by Gasteiger charge is 2.57. The SMILES string of the molecule is COc1cc(OC(C)=O)c2c(c1)C(=O)c1c(cc3c(c1OC(C)=O)-c1c(cc(C)c(C(=O)N[C@H](CO)C(=O)O)c1OC(C)=O)[C@H](O[C@@H]1O[C@H](C)[C@H](OC(C)=O)[C@H](O[C@@H]4OC[C@@H](OC(C)=O)[C@H](OC(C)=O)[C@H]4OC(C)=O)[C@H]1OC(C)=O)[C@H]3OC(C)=O)C2=O. The fourth-order valence-corrected chi connectivity index (χ4v) is 10.5. The molecule has 3 aromatic carbocycles. The Labute approximate surface area is 493 Å². The number of methoxy groups -OCH3 is 1. The van der Waals surface area contributed by atoms with Crippen molar-refractivity contribution in [2.75, 3.05) is 20.3 Å². The molecule has 2 heterocycles. The summed E-state index contributed by atoms with van der Waals surface area (Å²) < 4.78 is 82.3. The third kappa shape index (κ3) is 13.9. The molecule has 0 aromatic heterocycles. The normalized spacial score (nSPS) is 23.7. The van der Waals surface area contributed by atoms with Crippen LogP contribution in [-0.2, 0) is 95.3 Å². The van der Waals surface area contributed by atoms with Crippen LogP contribution in [0.15, 0.2) is 24.3 Å². The minimum atomic E-state index is -2.09. The van der Waals surface area contributed by atoms with Gasteiger partial charge < -0.3 is 81.8 Å². The summed E-state index contributed by atoms with van der Waals surface area (Å²) in [5, 5.41) is 22.1. The molecule has 12 atom stereocenters. The van der Waals surface area contributed by atoms with Crippen molar-refractivity contribution in [3.05, 3.63) is 68.8 Å². The number of amides is 1. The fourth-order valence-electron chi connectivity index (χ4n) is 10.5. The number of esters is 9. The minimum Gasteiger partial charge on any atom is -0.497 e. The van der Waals surface area contributed by atoms with E-state index in [0.717, 1.165) is 80.5 Å². The first-order valence-electron chi connectivity index (χ1n) is 26.4. The second-order valence-corrected chi connectivity index (χ2v) is 20.0. The summed E-state index contributed by atoms with van der Waals surface area (Å²) in [7, 11) is 1.20. The molecule has 87 heavy (non-hydrogen) atoms. The number of ether oxygens (including phenoxy) is 14. The molecule has 2 saturated heterocycles. The molecule has 2 aliphatic heterocycles. The average molecular weight is 1220 g/mol. The molecule has 30 heteroatoms. The number of rotatable bonds is 18. The topological polar surface area (TPSA) is 404 Å². The largest absolute Gasteiger partial charge is 0.497 e. The number of aliphatic carboxylic acids is 1. The molecular formula is C57H59NO29. The van der Waals surface area contributed by atoms with Gasteiger partial charge in [-0.2, -0.15) is 0 Å². The number of hydrogen-bond donors (Lipinski definition) is 3. The van der Waals surface area contributed by atoms with Gasteiger partial charge in [-0.15, -0.1) is 0 Å². The molecule has 2 fully saturated rings. The van der Waals surface area contributed by atoms with Gasteiger partial charge in [0.15, 0.2) is 78.3 Å². The maximum atomic E-state index is 15.2. The van der Waals surface area contributed by atoms with Crippen LogP contribution in [0.4, 0.5) is 0 Å². The lowest BCUT2D eigenvalue weighted by Crippen LogP contribution is -2.65. The van der Waals surface area contributed by atoms with Crippen LogP contribution in [0.5, 0.6) is 23.0 Å². The van der Waals surface area contributed by atoms with Gasteiger partial charge in [-0.3, -0.25) is 57.5 Å². The van der Waals surface area contributed by atoms with Crippen LogP contribution < -0.4 is 24.3 Å². The number of nitrogens with one attached hydrogen (secondary N) is 1. The molecule has 3 N–H and O–H groups in total. The maximum absolute atomic E-state index is 15.2. The summed E-state index contributed by atoms with van der Waals surface area (Å²) in [5.41, 5.74) is -4.85. The van der Waals surface area contributed by atoms with Gasteiger partial charge in [-0.05, 0) is 37.1 Å². The average Bonchev–Trinajstić information content (AvgIpc) is 0.712. The molecule has 3 aromatic rings. The van der Waals surface area contributed by atoms with Crippen molar-refractivity contribution >= 4 is 77.2 Å². The molecule has 466 valence electrons. The van der Waals surface area contributed by atoms with E-state index in [4.69, 9.17) is 66.3 Å². The Morgan fingerprint density at radius 3 is 1.61 bits per heavy atom. The number of ketones is 2. The highest BCUT2D eigenvalue weighted by molar-refractivity contribution is 6.31. The highest BCUT2D eigenvalue weighted by atomic mass is 16.8. The third-order valence-corrected chi connectivity index (χ3v) is 13.5. The van der Waals surface area contributed by atoms with E-state index in [1.807, 2.05) is 0 Å². The molecule has 0 spiro atoms. The van der Waals surface area contributed by atoms with Crippen molar-refractivity contribution < 1.29 is 139 Å². The Hall–Kier alpha value is -9.23. The van der Waals surface area contributed by atoms with Crippen LogP contribution in [0.1, 0.15) is 140 Å². The van der Waals surface area contributed by atoms with E-state index in [9.17, 15) is 63.0 Å². The van der Waals surface area contributed by atoms with E-state index in [1.54, 1.807) is 0 Å². The predicted molar refractivity (Wildman–Crippen MR) is 281 cm³/mol. The van der Waals surface area contributed by atoms with Gasteiger partial charge in [0, 0.05) is 96.2 Å². The lowest BCUT2D eigenvalue weighted by molar-refractivity contribution is -0.355. The maximum Gasteiger partial charge on any atom is 0.328 e. The molecule has 0 radical (unpaired) electrons. The van der Waals surface area contributed by atoms with E-state index < -0.39 is 226 Å². The van der Waals surface area contributed by atoms with Crippen molar-refractivity contribution in [3.63, 3.8) is 0 Å². The second-order valence-electron chi connectivity index (χ2n) is 20.0. The zero-order valence-corrected chi connectivity index (χ0v) is 48.6. The van der Waals surface area contributed by atoms with E-state index in [0.29, 0.717) is 0 Å². The molecule has 0 unspecified atom stereocenters. The van der Waals surface area contributed by atoms with Crippen LogP contribution >= 0.6 is 0 Å². The van der Waals surface area contributed by atoms with Crippen molar-refractivity contribution in [1.82, 2.24) is 5.32 Å². The molecule has 0 saturated carbocycles. The van der Waals surface area contributed by atoms with Crippen LogP contribution in [0.2, 0.25) is 0 Å². The van der Waals surface area contributed by atoms with Gasteiger partial charge in [-0.1, -0.05) is 6.07 Å². The quantitative estimate of drug-likeness (QED) is 0.0730. The minimum absolute atomic E-state index is 0.0969. The number of aryl methyl sites for hydroxylation is 1. The summed E-state index contributed by atoms with van der Waals surface area (Å²) in [5.74, 6) is -16.6. The Morgan fingerprint density at radius 2 is 1.07 bits per heavy atom. The first-order valence-corrected chi connectivity index (χ1v) is 26.4. The smallest absolute Gasteiger partial charge is 0.328 e. The summed E-state index contributed by atoms with van der Waals surface area (Å²) in [4.78, 5) is 174. The van der Waals surface area contributed by atoms with Crippen molar-refractivity contribution in [2.24, 2.45) is 0 Å². The zero-order chi connectivity index (χ0) is 64.4. The summed E-state index contributed by atoms with van der Waals surface area (Å²) in [6.45, 7) is 9.54. The van der Waals surface area contributed by atoms with E-state index >= 15 is 9.59 Å². The molecule has 0 bridgehead atoms. The van der Waals surface area contributed by atoms with Gasteiger partial charge in [-0.25, -0.2) is 4.79 Å². The van der Waals surface area contributed by atoms with Crippen LogP contribution in [0.25, 0.3) is 11.1 Å². The summed E-state index contributed by atoms with van der Waals surface area (Å²) >= 11 is 0. The zero-order valence-electron chi connectivity index (χ0n) is 48.6. The monoisotopic (exact) mass is 1220 g/mol. The lowest BCUT2D eigenvalue weighted by Gasteiger charge is -2.48. The predicted octanol–water partition coefficient (Wildman–Crippen LogP) is 2.22. The Balaban J connectivity index is 1.56. The van der Waals surface area contributed by atoms with Crippen molar-refractivity contribution in [2.45, 2.75) is 150 Å². The Morgan fingerprint density at radius 1 is 0.563 bits per heavy atom. The molecule has 4 aliphatic rings. The van der Waals surface area contributed by atoms with Gasteiger partial charge in [0.2, 0.25) is 0 Å². The third-order valence-electron chi connectivity index (χ3n) is 13.5. The number of fused-ring (bicyclic) bond motifs is 5. The summed E-state index contributed by atoms with van der Waals surface area (Å²) in [6.07, 6.45) is -19.8. The van der Waals surface area contributed by atoms with Gasteiger partial charge in [0.1, 0.15) is 23.7 Å². The number of aliphatic hydroxyl groups is 1. The van der Waals surface area contributed by atoms with E-state index in [1.165, 1.54) is 27.0 Å². The van der Waals surface area contributed by atoms with Crippen molar-refractivity contribution in [3.8, 4) is 34.1 Å². The number of benzene rings is 3. The van der Waals surface area contributed by atoms with Crippen LogP contribution in [-0.4, -0.2) is 169 Å². The number of carbonyl (C=O) groups is 13. The first kappa shape index (κ1) is 65.3. The number of carboxylic acid groups (broad SMARTS) is 1. The number of carboxylic acids is 1. The van der Waals surface area contributed by atoms with Crippen LogP contribution in [0, 0.1) is 6.92 Å². The Kier molecular flexibility index (Phi) is 20.0. The highest BCUT2D eigenvalue weighted by Crippen LogP contribution is 2.59. The fraction of sp³-hybridized carbons (Fsp3) is 0.456. The summed E-state index contributed by atoms with van der Waals surface area (Å²) in [6, 6.07) is 2.46. The van der Waals surface area contributed by atoms with E-state index in [-0.39, 0.29) is 16.9 Å². The van der Waals surface area contributed by atoms with Gasteiger partial charge in [0.25, 0.3) is 5.91 Å². The second kappa shape index (κ2) is 26.6. The van der Waals surface area contributed by atoms with Gasteiger partial charge >= 0.3 is 59.7 Å². The number of carbonyl (C=O) groups excluding carboxylic acids is 12. The lowest BCUT2D eigenvalue weighted by atomic mass is 9.73. The van der Waals surface area contributed by atoms with Crippen molar-refractivity contribution in [1.29, 1.82) is 0 Å². The van der Waals surface area contributed by atoms with Crippen LogP contribution in [0.3, 0.4) is 0 Å². The molecule has 7 rings (SSSR count). The number of hydrogen-bond acceptors (Lipinski definition) is 28. The Bertz CT molecular complexity index is 3400. The molecule has 30 nitrogen and oxygen atoms in total. The standard InChI is InChI=1S/C57H59NO29/c1-19-13-33-40(49(82-26(8)65)38(19)54(71)58-35(17-59)55(72)73)41-34(16-32-42(50(41)83-27(9)66)44(70)31-14-30(74-12)15-36(77-21(3)60)39(31)43(32)69)46(80-24(6)63)47(33)86-57-53(85-29(11)68)51(45(20(2)76-57)79-23(5)62)87-56-52(84-28(10)67)48(81-25(7)64)37(18-75-56)78-22(4)61/h13-16,20,35,37,45-48,51-53,56-57,59H,17-18H2,1-12H3,(H,58,71)(H,72,73)/t20-,35-,37-,45+,46+,47+,48+,51+,52-,53-,56+,57+/m1/s1. The molecule has 2 aliphatic carbocycles. The van der Waals surface area contributed by atoms with E-state index in [2.05, 4.69) is 5.32 Å². The van der Waals surface area contributed by atoms with Gasteiger partial charge in [0.05, 0.1) is 43.1 Å². The number of aliphatic hydroxyl groups excluding tert-OH is 1. The molecular weight excluding hydrogens is 1160 g/mol. The molecule has 1 amide bonds.